The van der Waals surface area contributed by atoms with Gasteiger partial charge in [0, 0.05) is 25.2 Å². The first kappa shape index (κ1) is 22.7. The van der Waals surface area contributed by atoms with Gasteiger partial charge in [0.05, 0.1) is 0 Å². The standard InChI is InChI=1S/C9H15F5O3S.C5H5N/c10-8(11,12)6-4-2-1-3-5-7-9(13,14)18(15,16)17;1-2-4-6-5-3-1/h1-7H2,(H,15,16,17);1-5H. The molecule has 1 heterocycles. The number of aromatic nitrogens is 1. The van der Waals surface area contributed by atoms with Crippen molar-refractivity contribution in [1.29, 1.82) is 0 Å². The van der Waals surface area contributed by atoms with Gasteiger partial charge in [0.25, 0.3) is 0 Å². The Balaban J connectivity index is 0.000000728. The fraction of sp³-hybridized carbons (Fsp3) is 0.643. The van der Waals surface area contributed by atoms with Crippen molar-refractivity contribution in [3.63, 3.8) is 0 Å². The number of pyridine rings is 1. The highest BCUT2D eigenvalue weighted by Crippen LogP contribution is 2.28. The maximum Gasteiger partial charge on any atom is 0.389 e. The number of alkyl halides is 5. The van der Waals surface area contributed by atoms with Crippen LogP contribution < -0.4 is 0 Å². The molecule has 140 valence electrons. The van der Waals surface area contributed by atoms with Crippen LogP contribution >= 0.6 is 0 Å². The van der Waals surface area contributed by atoms with E-state index in [-0.39, 0.29) is 25.7 Å². The zero-order chi connectivity index (χ0) is 18.7. The maximum atomic E-state index is 12.7. The van der Waals surface area contributed by atoms with E-state index in [1.807, 2.05) is 18.2 Å². The molecule has 1 N–H and O–H groups in total. The molecular weight excluding hydrogens is 357 g/mol. The number of halogens is 5. The van der Waals surface area contributed by atoms with Crippen molar-refractivity contribution < 1.29 is 34.9 Å². The monoisotopic (exact) mass is 377 g/mol. The summed E-state index contributed by atoms with van der Waals surface area (Å²) in [5.74, 6) is 0. The van der Waals surface area contributed by atoms with Crippen molar-refractivity contribution in [2.24, 2.45) is 0 Å². The zero-order valence-electron chi connectivity index (χ0n) is 12.8. The van der Waals surface area contributed by atoms with Crippen LogP contribution in [0, 0.1) is 0 Å². The highest BCUT2D eigenvalue weighted by Gasteiger charge is 2.42. The van der Waals surface area contributed by atoms with Gasteiger partial charge in [-0.3, -0.25) is 9.54 Å². The van der Waals surface area contributed by atoms with Crippen LogP contribution in [0.5, 0.6) is 0 Å². The second-order valence-electron chi connectivity index (χ2n) is 5.02. The van der Waals surface area contributed by atoms with Crippen molar-refractivity contribution in [3.05, 3.63) is 30.6 Å². The van der Waals surface area contributed by atoms with E-state index in [1.165, 1.54) is 0 Å². The minimum Gasteiger partial charge on any atom is -0.281 e. The number of rotatable bonds is 8. The fourth-order valence-corrected chi connectivity index (χ4v) is 2.03. The Morgan fingerprint density at radius 2 is 1.25 bits per heavy atom. The third-order valence-electron chi connectivity index (χ3n) is 2.87. The lowest BCUT2D eigenvalue weighted by molar-refractivity contribution is -0.135. The third kappa shape index (κ3) is 12.2. The van der Waals surface area contributed by atoms with E-state index in [4.69, 9.17) is 4.55 Å². The van der Waals surface area contributed by atoms with Crippen LogP contribution in [0.15, 0.2) is 30.6 Å². The summed E-state index contributed by atoms with van der Waals surface area (Å²) in [6.07, 6.45) is -2.12. The Morgan fingerprint density at radius 3 is 1.58 bits per heavy atom. The summed E-state index contributed by atoms with van der Waals surface area (Å²) in [4.78, 5) is 3.78. The van der Waals surface area contributed by atoms with Gasteiger partial charge in [0.15, 0.2) is 0 Å². The van der Waals surface area contributed by atoms with E-state index in [0.29, 0.717) is 6.42 Å². The average molecular weight is 377 g/mol. The van der Waals surface area contributed by atoms with Crippen LogP contribution in [0.4, 0.5) is 22.0 Å². The molecule has 0 radical (unpaired) electrons. The van der Waals surface area contributed by atoms with Crippen LogP contribution in [-0.2, 0) is 10.1 Å². The summed E-state index contributed by atoms with van der Waals surface area (Å²) in [7, 11) is -5.40. The minimum atomic E-state index is -5.40. The molecule has 0 bridgehead atoms. The van der Waals surface area contributed by atoms with Gasteiger partial charge in [0.1, 0.15) is 0 Å². The van der Waals surface area contributed by atoms with Gasteiger partial charge in [-0.25, -0.2) is 0 Å². The summed E-state index contributed by atoms with van der Waals surface area (Å²) in [6.45, 7) is 0. The summed E-state index contributed by atoms with van der Waals surface area (Å²) >= 11 is 0. The number of hydrogen-bond acceptors (Lipinski definition) is 3. The summed E-state index contributed by atoms with van der Waals surface area (Å²) in [5.41, 5.74) is 0. The molecule has 0 atom stereocenters. The summed E-state index contributed by atoms with van der Waals surface area (Å²) in [5, 5.41) is -4.18. The first-order chi connectivity index (χ1) is 11.0. The molecule has 4 nitrogen and oxygen atoms in total. The number of hydrogen-bond donors (Lipinski definition) is 1. The van der Waals surface area contributed by atoms with E-state index >= 15 is 0 Å². The van der Waals surface area contributed by atoms with Crippen molar-refractivity contribution in [3.8, 4) is 0 Å². The lowest BCUT2D eigenvalue weighted by atomic mass is 10.1. The van der Waals surface area contributed by atoms with Gasteiger partial charge in [-0.2, -0.15) is 30.4 Å². The molecule has 1 rings (SSSR count). The molecule has 1 aromatic rings. The first-order valence-electron chi connectivity index (χ1n) is 7.22. The van der Waals surface area contributed by atoms with Gasteiger partial charge in [-0.15, -0.1) is 0 Å². The molecular formula is C14H20F5NO3S. The van der Waals surface area contributed by atoms with E-state index in [1.54, 1.807) is 12.4 Å². The first-order valence-corrected chi connectivity index (χ1v) is 8.66. The Hall–Kier alpha value is -1.29. The van der Waals surface area contributed by atoms with E-state index in [0.717, 1.165) is 0 Å². The molecule has 0 saturated carbocycles. The lowest BCUT2D eigenvalue weighted by Crippen LogP contribution is -2.27. The molecule has 0 aliphatic carbocycles. The second kappa shape index (κ2) is 10.5. The van der Waals surface area contributed by atoms with Crippen molar-refractivity contribution in [2.75, 3.05) is 0 Å². The SMILES string of the molecule is O=S(=O)(O)C(F)(F)CCCCCCCC(F)(F)F.c1ccncc1. The Morgan fingerprint density at radius 1 is 0.792 bits per heavy atom. The molecule has 0 aromatic carbocycles. The predicted molar refractivity (Wildman–Crippen MR) is 79.1 cm³/mol. The predicted octanol–water partition coefficient (Wildman–Crippen LogP) is 4.84. The normalized spacial score (nSPS) is 12.4. The van der Waals surface area contributed by atoms with Crippen molar-refractivity contribution in [2.45, 2.75) is 56.4 Å². The zero-order valence-corrected chi connectivity index (χ0v) is 13.7. The smallest absolute Gasteiger partial charge is 0.281 e. The van der Waals surface area contributed by atoms with E-state index in [2.05, 4.69) is 4.98 Å². The number of nitrogens with zero attached hydrogens (tertiary/aromatic N) is 1. The van der Waals surface area contributed by atoms with Gasteiger partial charge < -0.3 is 0 Å². The highest BCUT2D eigenvalue weighted by molar-refractivity contribution is 7.86. The molecule has 0 saturated heterocycles. The van der Waals surface area contributed by atoms with Crippen molar-refractivity contribution >= 4 is 10.1 Å². The summed E-state index contributed by atoms with van der Waals surface area (Å²) < 4.78 is 89.1. The van der Waals surface area contributed by atoms with Crippen LogP contribution in [0.25, 0.3) is 0 Å². The Labute approximate surface area is 137 Å². The molecule has 1 aromatic heterocycles. The van der Waals surface area contributed by atoms with Crippen molar-refractivity contribution in [1.82, 2.24) is 4.98 Å². The lowest BCUT2D eigenvalue weighted by Gasteiger charge is -2.12. The highest BCUT2D eigenvalue weighted by atomic mass is 32.2. The minimum absolute atomic E-state index is 0.0712. The van der Waals surface area contributed by atoms with Gasteiger partial charge in [0.2, 0.25) is 0 Å². The molecule has 10 heteroatoms. The van der Waals surface area contributed by atoms with Crippen LogP contribution in [0.2, 0.25) is 0 Å². The van der Waals surface area contributed by atoms with E-state index in [9.17, 15) is 30.4 Å². The Bertz CT molecular complexity index is 508. The molecule has 0 spiro atoms. The molecule has 0 aliphatic rings. The molecule has 0 fully saturated rings. The van der Waals surface area contributed by atoms with E-state index < -0.39 is 34.4 Å². The van der Waals surface area contributed by atoms with Crippen LogP contribution in [0.1, 0.15) is 44.9 Å². The quantitative estimate of drug-likeness (QED) is 0.400. The molecule has 0 unspecified atom stereocenters. The number of unbranched alkanes of at least 4 members (excludes halogenated alkanes) is 4. The molecule has 0 amide bonds. The topological polar surface area (TPSA) is 67.3 Å². The fourth-order valence-electron chi connectivity index (χ4n) is 1.63. The van der Waals surface area contributed by atoms with Crippen LogP contribution in [0.3, 0.4) is 0 Å². The van der Waals surface area contributed by atoms with Gasteiger partial charge in [-0.05, 0) is 25.0 Å². The maximum absolute atomic E-state index is 12.7. The largest absolute Gasteiger partial charge is 0.389 e. The molecule has 24 heavy (non-hydrogen) atoms. The second-order valence-corrected chi connectivity index (χ2v) is 6.57. The summed E-state index contributed by atoms with van der Waals surface area (Å²) in [6, 6.07) is 5.72. The van der Waals surface area contributed by atoms with Gasteiger partial charge in [-0.1, -0.05) is 25.3 Å². The van der Waals surface area contributed by atoms with Gasteiger partial charge >= 0.3 is 21.5 Å². The Kier molecular flexibility index (Phi) is 9.98. The average Bonchev–Trinajstić information content (AvgIpc) is 2.46. The molecule has 0 aliphatic heterocycles. The van der Waals surface area contributed by atoms with Crippen LogP contribution in [-0.4, -0.2) is 29.4 Å². The third-order valence-corrected chi connectivity index (χ3v) is 3.83.